The van der Waals surface area contributed by atoms with Crippen LogP contribution in [0, 0.1) is 13.8 Å². The van der Waals surface area contributed by atoms with Gasteiger partial charge < -0.3 is 5.73 Å². The quantitative estimate of drug-likeness (QED) is 0.786. The molecule has 3 heteroatoms. The van der Waals surface area contributed by atoms with Crippen LogP contribution in [0.2, 0.25) is 0 Å². The molecular weight excluding hydrogens is 189 g/mol. The molecule has 0 spiro atoms. The summed E-state index contributed by atoms with van der Waals surface area (Å²) >= 11 is 0. The molecular formula is C10H15ClFN. The maximum Gasteiger partial charge on any atom is 0.109 e. The van der Waals surface area contributed by atoms with E-state index in [1.165, 1.54) is 5.56 Å². The topological polar surface area (TPSA) is 26.0 Å². The van der Waals surface area contributed by atoms with E-state index in [0.29, 0.717) is 0 Å². The molecule has 1 aromatic rings. The van der Waals surface area contributed by atoms with Gasteiger partial charge in [-0.05, 0) is 25.0 Å². The van der Waals surface area contributed by atoms with E-state index in [2.05, 4.69) is 0 Å². The Hall–Kier alpha value is -0.600. The van der Waals surface area contributed by atoms with Gasteiger partial charge >= 0.3 is 0 Å². The SMILES string of the molecule is Cc1ccc([C@@H](N)CF)c(C)c1.Cl. The second kappa shape index (κ2) is 5.20. The van der Waals surface area contributed by atoms with Crippen LogP contribution in [-0.2, 0) is 0 Å². The second-order valence-corrected chi connectivity index (χ2v) is 3.12. The van der Waals surface area contributed by atoms with E-state index in [-0.39, 0.29) is 12.4 Å². The molecule has 0 amide bonds. The van der Waals surface area contributed by atoms with Gasteiger partial charge in [0.15, 0.2) is 0 Å². The number of aryl methyl sites for hydroxylation is 2. The van der Waals surface area contributed by atoms with Crippen LogP contribution in [0.15, 0.2) is 18.2 Å². The minimum absolute atomic E-state index is 0. The van der Waals surface area contributed by atoms with E-state index >= 15 is 0 Å². The molecule has 0 aliphatic rings. The van der Waals surface area contributed by atoms with Crippen molar-refractivity contribution in [3.8, 4) is 0 Å². The van der Waals surface area contributed by atoms with Gasteiger partial charge in [-0.25, -0.2) is 4.39 Å². The summed E-state index contributed by atoms with van der Waals surface area (Å²) in [7, 11) is 0. The van der Waals surface area contributed by atoms with Crippen molar-refractivity contribution in [1.29, 1.82) is 0 Å². The Morgan fingerprint density at radius 1 is 1.38 bits per heavy atom. The van der Waals surface area contributed by atoms with Gasteiger partial charge in [0, 0.05) is 0 Å². The molecule has 1 atom stereocenters. The molecule has 1 aromatic carbocycles. The number of benzene rings is 1. The van der Waals surface area contributed by atoms with Crippen molar-refractivity contribution in [2.24, 2.45) is 5.73 Å². The van der Waals surface area contributed by atoms with E-state index in [0.717, 1.165) is 11.1 Å². The van der Waals surface area contributed by atoms with Gasteiger partial charge in [-0.3, -0.25) is 0 Å². The average molecular weight is 204 g/mol. The molecule has 0 bridgehead atoms. The van der Waals surface area contributed by atoms with Gasteiger partial charge in [-0.2, -0.15) is 0 Å². The highest BCUT2D eigenvalue weighted by Crippen LogP contribution is 2.17. The number of rotatable bonds is 2. The molecule has 0 saturated heterocycles. The normalized spacial score (nSPS) is 12.0. The van der Waals surface area contributed by atoms with Crippen LogP contribution in [0.5, 0.6) is 0 Å². The summed E-state index contributed by atoms with van der Waals surface area (Å²) in [5.74, 6) is 0. The van der Waals surface area contributed by atoms with Crippen LogP contribution in [0.4, 0.5) is 4.39 Å². The van der Waals surface area contributed by atoms with Crippen LogP contribution in [0.3, 0.4) is 0 Å². The molecule has 0 aliphatic heterocycles. The van der Waals surface area contributed by atoms with E-state index in [4.69, 9.17) is 5.73 Å². The lowest BCUT2D eigenvalue weighted by Crippen LogP contribution is -2.13. The van der Waals surface area contributed by atoms with Gasteiger partial charge in [0.05, 0.1) is 6.04 Å². The summed E-state index contributed by atoms with van der Waals surface area (Å²) in [6, 6.07) is 5.41. The summed E-state index contributed by atoms with van der Waals surface area (Å²) < 4.78 is 12.2. The average Bonchev–Trinajstić information content (AvgIpc) is 2.03. The van der Waals surface area contributed by atoms with Crippen LogP contribution in [-0.4, -0.2) is 6.67 Å². The van der Waals surface area contributed by atoms with Gasteiger partial charge in [0.1, 0.15) is 6.67 Å². The Kier molecular flexibility index (Phi) is 4.96. The minimum Gasteiger partial charge on any atom is -0.322 e. The molecule has 0 saturated carbocycles. The highest BCUT2D eigenvalue weighted by Gasteiger charge is 2.07. The standard InChI is InChI=1S/C10H14FN.ClH/c1-7-3-4-9(8(2)5-7)10(12)6-11;/h3-5,10H,6,12H2,1-2H3;1H/t10-;/m0./s1. The fourth-order valence-corrected chi connectivity index (χ4v) is 1.32. The highest BCUT2D eigenvalue weighted by molar-refractivity contribution is 5.85. The third-order valence-corrected chi connectivity index (χ3v) is 1.99. The predicted octanol–water partition coefficient (Wildman–Crippen LogP) is 2.69. The molecule has 0 fully saturated rings. The maximum absolute atomic E-state index is 12.2. The zero-order valence-corrected chi connectivity index (χ0v) is 8.70. The van der Waals surface area contributed by atoms with Gasteiger partial charge in [0.2, 0.25) is 0 Å². The molecule has 0 unspecified atom stereocenters. The Bertz CT molecular complexity index is 276. The van der Waals surface area contributed by atoms with Crippen LogP contribution in [0.1, 0.15) is 22.7 Å². The second-order valence-electron chi connectivity index (χ2n) is 3.12. The Morgan fingerprint density at radius 2 is 2.00 bits per heavy atom. The maximum atomic E-state index is 12.2. The van der Waals surface area contributed by atoms with Crippen LogP contribution in [0.25, 0.3) is 0 Å². The molecule has 1 nitrogen and oxygen atoms in total. The first-order valence-corrected chi connectivity index (χ1v) is 4.04. The fourth-order valence-electron chi connectivity index (χ4n) is 1.32. The van der Waals surface area contributed by atoms with Gasteiger partial charge in [0.25, 0.3) is 0 Å². The first kappa shape index (κ1) is 12.4. The van der Waals surface area contributed by atoms with Crippen LogP contribution >= 0.6 is 12.4 Å². The van der Waals surface area contributed by atoms with Crippen molar-refractivity contribution in [3.63, 3.8) is 0 Å². The van der Waals surface area contributed by atoms with E-state index in [1.54, 1.807) is 0 Å². The van der Waals surface area contributed by atoms with Crippen molar-refractivity contribution in [2.75, 3.05) is 6.67 Å². The molecule has 0 aliphatic carbocycles. The Balaban J connectivity index is 0.00000144. The number of hydrogen-bond acceptors (Lipinski definition) is 1. The number of hydrogen-bond donors (Lipinski definition) is 1. The molecule has 74 valence electrons. The predicted molar refractivity (Wildman–Crippen MR) is 56.1 cm³/mol. The van der Waals surface area contributed by atoms with Crippen molar-refractivity contribution < 1.29 is 4.39 Å². The monoisotopic (exact) mass is 203 g/mol. The lowest BCUT2D eigenvalue weighted by atomic mass is 10.0. The summed E-state index contributed by atoms with van der Waals surface area (Å²) in [4.78, 5) is 0. The summed E-state index contributed by atoms with van der Waals surface area (Å²) in [6.07, 6.45) is 0. The van der Waals surface area contributed by atoms with Crippen molar-refractivity contribution in [3.05, 3.63) is 34.9 Å². The van der Waals surface area contributed by atoms with Crippen molar-refractivity contribution >= 4 is 12.4 Å². The first-order valence-electron chi connectivity index (χ1n) is 4.04. The smallest absolute Gasteiger partial charge is 0.109 e. The van der Waals surface area contributed by atoms with E-state index in [1.807, 2.05) is 32.0 Å². The number of alkyl halides is 1. The lowest BCUT2D eigenvalue weighted by Gasteiger charge is -2.11. The largest absolute Gasteiger partial charge is 0.322 e. The molecule has 0 heterocycles. The van der Waals surface area contributed by atoms with E-state index in [9.17, 15) is 4.39 Å². The fraction of sp³-hybridized carbons (Fsp3) is 0.400. The van der Waals surface area contributed by atoms with Crippen molar-refractivity contribution in [2.45, 2.75) is 19.9 Å². The molecule has 2 N–H and O–H groups in total. The molecule has 1 rings (SSSR count). The molecule has 0 aromatic heterocycles. The lowest BCUT2D eigenvalue weighted by molar-refractivity contribution is 0.436. The van der Waals surface area contributed by atoms with Crippen LogP contribution < -0.4 is 5.73 Å². The number of nitrogens with two attached hydrogens (primary N) is 1. The summed E-state index contributed by atoms with van der Waals surface area (Å²) in [6.45, 7) is 3.47. The zero-order valence-electron chi connectivity index (χ0n) is 7.88. The van der Waals surface area contributed by atoms with E-state index < -0.39 is 12.7 Å². The number of halogens is 2. The summed E-state index contributed by atoms with van der Waals surface area (Å²) in [5, 5.41) is 0. The Morgan fingerprint density at radius 3 is 2.46 bits per heavy atom. The van der Waals surface area contributed by atoms with Gasteiger partial charge in [-0.15, -0.1) is 12.4 Å². The minimum atomic E-state index is -0.496. The third kappa shape index (κ3) is 2.98. The highest BCUT2D eigenvalue weighted by atomic mass is 35.5. The third-order valence-electron chi connectivity index (χ3n) is 1.99. The molecule has 13 heavy (non-hydrogen) atoms. The Labute approximate surface area is 84.5 Å². The van der Waals surface area contributed by atoms with Crippen molar-refractivity contribution in [1.82, 2.24) is 0 Å². The molecule has 0 radical (unpaired) electrons. The summed E-state index contributed by atoms with van der Waals surface area (Å²) in [5.41, 5.74) is 8.73. The zero-order chi connectivity index (χ0) is 9.14. The van der Waals surface area contributed by atoms with Gasteiger partial charge in [-0.1, -0.05) is 23.8 Å². The first-order chi connectivity index (χ1) is 5.65.